The number of aliphatic hydroxyl groups is 2. The second-order valence-corrected chi connectivity index (χ2v) is 14.4. The van der Waals surface area contributed by atoms with Crippen LogP contribution >= 0.6 is 0 Å². The number of unbranched alkanes of at least 4 members (excludes halogenated alkanes) is 7. The highest BCUT2D eigenvalue weighted by molar-refractivity contribution is 5.76. The summed E-state index contributed by atoms with van der Waals surface area (Å²) in [4.78, 5) is 12.2. The molecule has 0 aromatic heterocycles. The summed E-state index contributed by atoms with van der Waals surface area (Å²) in [6, 6.07) is -0.556. The SMILES string of the molecule is CC/C=C\C/C=C\C/C=C\C/C=C\C/C=C\C/C=C\C/C=C\C/C=C\C/C=C\C/C=C\C/C=C\C/C=C\CCCCCCC(=O)NC(CO)C(O)CCCCCC. The van der Waals surface area contributed by atoms with Crippen molar-refractivity contribution in [3.63, 3.8) is 0 Å². The van der Waals surface area contributed by atoms with Crippen LogP contribution < -0.4 is 5.32 Å². The van der Waals surface area contributed by atoms with Gasteiger partial charge in [0.25, 0.3) is 0 Å². The Labute approximate surface area is 351 Å². The molecule has 0 aliphatic rings. The minimum atomic E-state index is -0.676. The summed E-state index contributed by atoms with van der Waals surface area (Å²) in [6.07, 6.45) is 75.5. The Morgan fingerprint density at radius 1 is 0.439 bits per heavy atom. The van der Waals surface area contributed by atoms with Crippen molar-refractivity contribution in [1.82, 2.24) is 5.32 Å². The number of carbonyl (C=O) groups excluding carboxylic acids is 1. The standard InChI is InChI=1S/C53H83NO3/c1-3-5-7-9-10-11-12-13-14-15-16-17-18-19-20-21-22-23-24-25-26-27-28-29-30-31-32-33-34-35-36-37-38-39-40-41-42-43-44-45-47-49-53(57)54-51(50-55)52(56)48-46-8-6-4-2/h5,7,10-11,13-14,16-17,19-20,22-23,25-26,28-29,31-32,34-35,37-38,40-41,51-52,55-56H,3-4,6,8-9,12,15,18,21,24,27,30,33,36,39,42-50H2,1-2H3,(H,54,57)/b7-5-,11-10-,14-13-,17-16-,20-19-,23-22-,26-25-,29-28-,32-31-,35-34-,38-37-,41-40-. The maximum absolute atomic E-state index is 12.2. The van der Waals surface area contributed by atoms with Gasteiger partial charge in [0.1, 0.15) is 0 Å². The Bertz CT molecular complexity index is 1250. The van der Waals surface area contributed by atoms with Gasteiger partial charge in [-0.3, -0.25) is 4.79 Å². The Morgan fingerprint density at radius 3 is 1.12 bits per heavy atom. The van der Waals surface area contributed by atoms with E-state index in [4.69, 9.17) is 0 Å². The highest BCUT2D eigenvalue weighted by atomic mass is 16.3. The largest absolute Gasteiger partial charge is 0.394 e. The van der Waals surface area contributed by atoms with Crippen LogP contribution in [-0.2, 0) is 4.79 Å². The molecular formula is C53H83NO3. The van der Waals surface area contributed by atoms with Gasteiger partial charge in [0, 0.05) is 6.42 Å². The van der Waals surface area contributed by atoms with Crippen LogP contribution in [-0.4, -0.2) is 34.9 Å². The van der Waals surface area contributed by atoms with Gasteiger partial charge in [-0.1, -0.05) is 198 Å². The van der Waals surface area contributed by atoms with Gasteiger partial charge in [0.2, 0.25) is 5.91 Å². The molecule has 1 amide bonds. The fourth-order valence-electron chi connectivity index (χ4n) is 5.69. The fourth-order valence-corrected chi connectivity index (χ4v) is 5.69. The number of aliphatic hydroxyl groups excluding tert-OH is 2. The van der Waals surface area contributed by atoms with Gasteiger partial charge in [-0.15, -0.1) is 0 Å². The molecule has 0 spiro atoms. The third-order valence-corrected chi connectivity index (χ3v) is 9.12. The van der Waals surface area contributed by atoms with Gasteiger partial charge in [0.15, 0.2) is 0 Å². The molecule has 4 heteroatoms. The zero-order chi connectivity index (χ0) is 41.4. The van der Waals surface area contributed by atoms with Gasteiger partial charge in [-0.05, 0) is 103 Å². The normalized spacial score (nSPS) is 14.4. The first-order valence-corrected chi connectivity index (χ1v) is 22.5. The lowest BCUT2D eigenvalue weighted by atomic mass is 10.0. The van der Waals surface area contributed by atoms with Gasteiger partial charge in [-0.25, -0.2) is 0 Å². The van der Waals surface area contributed by atoms with E-state index in [0.29, 0.717) is 12.8 Å². The van der Waals surface area contributed by atoms with Crippen molar-refractivity contribution < 1.29 is 15.0 Å². The molecule has 318 valence electrons. The molecule has 4 nitrogen and oxygen atoms in total. The minimum absolute atomic E-state index is 0.0733. The van der Waals surface area contributed by atoms with E-state index in [0.717, 1.165) is 135 Å². The molecule has 0 fully saturated rings. The first-order valence-electron chi connectivity index (χ1n) is 22.5. The fraction of sp³-hybridized carbons (Fsp3) is 0.528. The van der Waals surface area contributed by atoms with Crippen molar-refractivity contribution in [3.8, 4) is 0 Å². The van der Waals surface area contributed by atoms with Gasteiger partial charge in [-0.2, -0.15) is 0 Å². The lowest BCUT2D eigenvalue weighted by Gasteiger charge is -2.22. The molecule has 0 aromatic rings. The van der Waals surface area contributed by atoms with Crippen molar-refractivity contribution in [2.45, 2.75) is 174 Å². The lowest BCUT2D eigenvalue weighted by molar-refractivity contribution is -0.123. The van der Waals surface area contributed by atoms with Gasteiger partial charge < -0.3 is 15.5 Å². The smallest absolute Gasteiger partial charge is 0.220 e. The van der Waals surface area contributed by atoms with E-state index < -0.39 is 12.1 Å². The van der Waals surface area contributed by atoms with E-state index in [1.54, 1.807) is 0 Å². The van der Waals surface area contributed by atoms with Gasteiger partial charge in [0.05, 0.1) is 18.8 Å². The Balaban J connectivity index is 3.68. The van der Waals surface area contributed by atoms with Crippen molar-refractivity contribution in [2.75, 3.05) is 6.61 Å². The third-order valence-electron chi connectivity index (χ3n) is 9.12. The van der Waals surface area contributed by atoms with Crippen LogP contribution in [0.2, 0.25) is 0 Å². The predicted molar refractivity (Wildman–Crippen MR) is 252 cm³/mol. The second kappa shape index (κ2) is 46.7. The maximum atomic E-state index is 12.2. The highest BCUT2D eigenvalue weighted by Gasteiger charge is 2.19. The lowest BCUT2D eigenvalue weighted by Crippen LogP contribution is -2.45. The summed E-state index contributed by atoms with van der Waals surface area (Å²) in [5.74, 6) is -0.0733. The summed E-state index contributed by atoms with van der Waals surface area (Å²) in [7, 11) is 0. The van der Waals surface area contributed by atoms with Crippen molar-refractivity contribution >= 4 is 5.91 Å². The zero-order valence-corrected chi connectivity index (χ0v) is 36.3. The van der Waals surface area contributed by atoms with E-state index in [9.17, 15) is 15.0 Å². The van der Waals surface area contributed by atoms with Gasteiger partial charge >= 0.3 is 0 Å². The first kappa shape index (κ1) is 53.3. The molecule has 3 N–H and O–H groups in total. The quantitative estimate of drug-likeness (QED) is 0.0432. The van der Waals surface area contributed by atoms with Crippen molar-refractivity contribution in [3.05, 3.63) is 146 Å². The summed E-state index contributed by atoms with van der Waals surface area (Å²) in [5, 5.41) is 22.6. The Hall–Kier alpha value is -3.73. The van der Waals surface area contributed by atoms with Crippen LogP contribution in [0.3, 0.4) is 0 Å². The van der Waals surface area contributed by atoms with E-state index in [1.165, 1.54) is 0 Å². The van der Waals surface area contributed by atoms with Crippen LogP contribution in [0.4, 0.5) is 0 Å². The van der Waals surface area contributed by atoms with Crippen LogP contribution in [0.1, 0.15) is 162 Å². The number of rotatable bonds is 38. The molecular weight excluding hydrogens is 699 g/mol. The maximum Gasteiger partial charge on any atom is 0.220 e. The number of carbonyl (C=O) groups is 1. The van der Waals surface area contributed by atoms with E-state index in [-0.39, 0.29) is 12.5 Å². The monoisotopic (exact) mass is 782 g/mol. The molecule has 0 bridgehead atoms. The summed E-state index contributed by atoms with van der Waals surface area (Å²) in [6.45, 7) is 4.10. The number of hydrogen-bond donors (Lipinski definition) is 3. The molecule has 2 atom stereocenters. The number of nitrogens with one attached hydrogen (secondary N) is 1. The summed E-state index contributed by atoms with van der Waals surface area (Å²) < 4.78 is 0. The third kappa shape index (κ3) is 43.2. The molecule has 0 aromatic carbocycles. The predicted octanol–water partition coefficient (Wildman–Crippen LogP) is 14.5. The minimum Gasteiger partial charge on any atom is -0.394 e. The topological polar surface area (TPSA) is 69.6 Å². The van der Waals surface area contributed by atoms with E-state index in [1.807, 2.05) is 0 Å². The first-order chi connectivity index (χ1) is 28.2. The Morgan fingerprint density at radius 2 is 0.772 bits per heavy atom. The molecule has 0 saturated heterocycles. The summed E-state index contributed by atoms with van der Waals surface area (Å²) in [5.41, 5.74) is 0. The van der Waals surface area contributed by atoms with Crippen LogP contribution in [0.5, 0.6) is 0 Å². The van der Waals surface area contributed by atoms with Crippen molar-refractivity contribution in [2.24, 2.45) is 0 Å². The van der Waals surface area contributed by atoms with Crippen LogP contribution in [0, 0.1) is 0 Å². The number of allylic oxidation sites excluding steroid dienone is 24. The molecule has 2 unspecified atom stereocenters. The molecule has 0 saturated carbocycles. The molecule has 0 heterocycles. The zero-order valence-electron chi connectivity index (χ0n) is 36.3. The molecule has 57 heavy (non-hydrogen) atoms. The van der Waals surface area contributed by atoms with E-state index in [2.05, 4.69) is 165 Å². The molecule has 0 aliphatic carbocycles. The second-order valence-electron chi connectivity index (χ2n) is 14.4. The average Bonchev–Trinajstić information content (AvgIpc) is 3.22. The molecule has 0 radical (unpaired) electrons. The number of hydrogen-bond acceptors (Lipinski definition) is 3. The number of amides is 1. The van der Waals surface area contributed by atoms with E-state index >= 15 is 0 Å². The molecule has 0 aliphatic heterocycles. The van der Waals surface area contributed by atoms with Crippen molar-refractivity contribution in [1.29, 1.82) is 0 Å². The van der Waals surface area contributed by atoms with Crippen LogP contribution in [0.15, 0.2) is 146 Å². The Kier molecular flexibility index (Phi) is 43.6. The molecule has 0 rings (SSSR count). The average molecular weight is 782 g/mol. The van der Waals surface area contributed by atoms with Crippen LogP contribution in [0.25, 0.3) is 0 Å². The highest BCUT2D eigenvalue weighted by Crippen LogP contribution is 2.10. The summed E-state index contributed by atoms with van der Waals surface area (Å²) >= 11 is 0.